The second-order valence-electron chi connectivity index (χ2n) is 9.39. The first-order valence-electron chi connectivity index (χ1n) is 12.9. The fraction of sp³-hybridized carbons (Fsp3) is 0.480. The third-order valence-electron chi connectivity index (χ3n) is 6.80. The summed E-state index contributed by atoms with van der Waals surface area (Å²) in [7, 11) is 1.66. The first-order chi connectivity index (χ1) is 18.9. The molecule has 1 aromatic carbocycles. The van der Waals surface area contributed by atoms with Crippen LogP contribution >= 0.6 is 0 Å². The molecule has 1 saturated heterocycles. The molecular weight excluding hydrogens is 506 g/mol. The highest BCUT2D eigenvalue weighted by Crippen LogP contribution is 2.24. The van der Waals surface area contributed by atoms with Gasteiger partial charge in [0.05, 0.1) is 24.7 Å². The van der Waals surface area contributed by atoms with E-state index in [9.17, 15) is 9.90 Å². The number of hydrogen-bond donors (Lipinski definition) is 3. The monoisotopic (exact) mass is 539 g/mol. The Hall–Kier alpha value is -4.01. The van der Waals surface area contributed by atoms with Gasteiger partial charge in [-0.15, -0.1) is 5.10 Å². The molecule has 0 aliphatic carbocycles. The van der Waals surface area contributed by atoms with Crippen molar-refractivity contribution in [3.63, 3.8) is 0 Å². The van der Waals surface area contributed by atoms with Crippen LogP contribution in [0.1, 0.15) is 24.8 Å². The average Bonchev–Trinajstić information content (AvgIpc) is 3.57. The lowest BCUT2D eigenvalue weighted by Crippen LogP contribution is -2.47. The van der Waals surface area contributed by atoms with E-state index in [1.807, 2.05) is 12.1 Å². The van der Waals surface area contributed by atoms with E-state index in [2.05, 4.69) is 42.1 Å². The first kappa shape index (κ1) is 26.6. The number of aliphatic hydroxyl groups excluding tert-OH is 1. The Morgan fingerprint density at radius 3 is 2.56 bits per heavy atom. The number of carbonyl (C=O) groups is 1. The Balaban J connectivity index is 1.19. The lowest BCUT2D eigenvalue weighted by atomic mass is 10.2. The summed E-state index contributed by atoms with van der Waals surface area (Å²) in [6, 6.07) is 8.16. The number of benzene rings is 1. The van der Waals surface area contributed by atoms with E-state index in [0.717, 1.165) is 38.5 Å². The van der Waals surface area contributed by atoms with Crippen molar-refractivity contribution >= 4 is 34.3 Å². The summed E-state index contributed by atoms with van der Waals surface area (Å²) in [5, 5.41) is 28.6. The van der Waals surface area contributed by atoms with Gasteiger partial charge in [0.1, 0.15) is 18.5 Å². The Bertz CT molecular complexity index is 1410. The smallest absolute Gasteiger partial charge is 0.303 e. The van der Waals surface area contributed by atoms with Gasteiger partial charge in [0.15, 0.2) is 17.1 Å². The number of anilines is 2. The largest absolute Gasteiger partial charge is 0.491 e. The van der Waals surface area contributed by atoms with Crippen molar-refractivity contribution in [1.82, 2.24) is 34.3 Å². The number of carboxylic acids is 1. The van der Waals surface area contributed by atoms with Crippen molar-refractivity contribution in [3.8, 4) is 5.75 Å². The van der Waals surface area contributed by atoms with Gasteiger partial charge in [-0.3, -0.25) is 9.69 Å². The van der Waals surface area contributed by atoms with E-state index in [1.165, 1.54) is 10.2 Å². The number of carboxylic acid groups (broad SMARTS) is 1. The van der Waals surface area contributed by atoms with Gasteiger partial charge in [-0.1, -0.05) is 0 Å². The summed E-state index contributed by atoms with van der Waals surface area (Å²) in [6.45, 7) is 6.21. The van der Waals surface area contributed by atoms with Gasteiger partial charge >= 0.3 is 5.97 Å². The molecule has 4 N–H and O–H groups in total. The highest BCUT2D eigenvalue weighted by atomic mass is 16.5. The molecule has 0 spiro atoms. The summed E-state index contributed by atoms with van der Waals surface area (Å²) in [5.41, 5.74) is 8.33. The molecule has 1 fully saturated rings. The van der Waals surface area contributed by atoms with Crippen LogP contribution in [0.5, 0.6) is 5.75 Å². The van der Waals surface area contributed by atoms with Crippen molar-refractivity contribution in [2.45, 2.75) is 25.5 Å². The van der Waals surface area contributed by atoms with Crippen LogP contribution in [0.4, 0.5) is 11.6 Å². The SMILES string of the molecule is COCCOc1ccc(N2CCN(CCn3ncc4c3nc(N)n3nc([C@@H](O)CCC(=O)O)nc43)CC2)cc1. The summed E-state index contributed by atoms with van der Waals surface area (Å²) >= 11 is 0. The molecule has 1 atom stereocenters. The van der Waals surface area contributed by atoms with Crippen molar-refractivity contribution in [2.24, 2.45) is 0 Å². The lowest BCUT2D eigenvalue weighted by molar-refractivity contribution is -0.137. The molecule has 1 aliphatic rings. The maximum absolute atomic E-state index is 10.8. The number of nitrogens with zero attached hydrogens (tertiary/aromatic N) is 8. The van der Waals surface area contributed by atoms with Crippen LogP contribution in [-0.2, 0) is 16.1 Å². The molecular formula is C25H33N9O5. The second kappa shape index (κ2) is 11.8. The number of hydrogen-bond acceptors (Lipinski definition) is 11. The molecule has 5 rings (SSSR count). The predicted octanol–water partition coefficient (Wildman–Crippen LogP) is 0.802. The number of nitrogen functional groups attached to an aromatic ring is 1. The third kappa shape index (κ3) is 6.02. The van der Waals surface area contributed by atoms with Crippen molar-refractivity contribution < 1.29 is 24.5 Å². The Morgan fingerprint density at radius 1 is 1.08 bits per heavy atom. The molecule has 0 unspecified atom stereocenters. The minimum Gasteiger partial charge on any atom is -0.491 e. The molecule has 1 aliphatic heterocycles. The van der Waals surface area contributed by atoms with Gasteiger partial charge in [-0.05, 0) is 30.7 Å². The Labute approximate surface area is 224 Å². The fourth-order valence-electron chi connectivity index (χ4n) is 4.63. The summed E-state index contributed by atoms with van der Waals surface area (Å²) in [6.07, 6.45) is 0.364. The van der Waals surface area contributed by atoms with Crippen LogP contribution in [-0.4, -0.2) is 103 Å². The highest BCUT2D eigenvalue weighted by Gasteiger charge is 2.21. The van der Waals surface area contributed by atoms with E-state index in [4.69, 9.17) is 20.3 Å². The molecule has 14 heteroatoms. The van der Waals surface area contributed by atoms with Crippen LogP contribution < -0.4 is 15.4 Å². The van der Waals surface area contributed by atoms with E-state index in [-0.39, 0.29) is 24.6 Å². The minimum atomic E-state index is -1.11. The van der Waals surface area contributed by atoms with Crippen LogP contribution in [0.25, 0.3) is 16.7 Å². The maximum atomic E-state index is 10.8. The van der Waals surface area contributed by atoms with Crippen LogP contribution in [0, 0.1) is 0 Å². The number of piperazine rings is 1. The highest BCUT2D eigenvalue weighted by molar-refractivity contribution is 5.89. The number of methoxy groups -OCH3 is 1. The van der Waals surface area contributed by atoms with Crippen LogP contribution in [0.3, 0.4) is 0 Å². The molecule has 0 saturated carbocycles. The quantitative estimate of drug-likeness (QED) is 0.217. The zero-order valence-electron chi connectivity index (χ0n) is 21.8. The zero-order chi connectivity index (χ0) is 27.4. The van der Waals surface area contributed by atoms with Gasteiger partial charge in [-0.25, -0.2) is 9.67 Å². The normalized spacial score (nSPS) is 15.3. The minimum absolute atomic E-state index is 0.00379. The molecule has 0 radical (unpaired) electrons. The maximum Gasteiger partial charge on any atom is 0.303 e. The molecule has 3 aromatic heterocycles. The molecule has 208 valence electrons. The van der Waals surface area contributed by atoms with Crippen molar-refractivity contribution in [3.05, 3.63) is 36.3 Å². The lowest BCUT2D eigenvalue weighted by Gasteiger charge is -2.36. The third-order valence-corrected chi connectivity index (χ3v) is 6.80. The van der Waals surface area contributed by atoms with E-state index < -0.39 is 12.1 Å². The van der Waals surface area contributed by atoms with Crippen molar-refractivity contribution in [2.75, 3.05) is 63.7 Å². The number of ether oxygens (including phenoxy) is 2. The summed E-state index contributed by atoms with van der Waals surface area (Å²) in [4.78, 5) is 24.5. The first-order valence-corrected chi connectivity index (χ1v) is 12.9. The van der Waals surface area contributed by atoms with E-state index >= 15 is 0 Å². The number of fused-ring (bicyclic) bond motifs is 3. The molecule has 0 bridgehead atoms. The van der Waals surface area contributed by atoms with Gasteiger partial charge in [0, 0.05) is 51.9 Å². The Morgan fingerprint density at radius 2 is 1.85 bits per heavy atom. The molecule has 14 nitrogen and oxygen atoms in total. The number of aliphatic carboxylic acids is 1. The molecule has 39 heavy (non-hydrogen) atoms. The molecule has 4 aromatic rings. The van der Waals surface area contributed by atoms with Crippen LogP contribution in [0.15, 0.2) is 30.5 Å². The number of aliphatic hydroxyl groups is 1. The number of aromatic nitrogens is 6. The van der Waals surface area contributed by atoms with Crippen LogP contribution in [0.2, 0.25) is 0 Å². The van der Waals surface area contributed by atoms with E-state index in [0.29, 0.717) is 36.4 Å². The summed E-state index contributed by atoms with van der Waals surface area (Å²) < 4.78 is 13.8. The number of rotatable bonds is 12. The average molecular weight is 540 g/mol. The van der Waals surface area contributed by atoms with Gasteiger partial charge < -0.3 is 30.3 Å². The molecule has 0 amide bonds. The topological polar surface area (TPSA) is 169 Å². The van der Waals surface area contributed by atoms with Gasteiger partial charge in [-0.2, -0.15) is 14.6 Å². The van der Waals surface area contributed by atoms with Gasteiger partial charge in [0.2, 0.25) is 5.95 Å². The standard InChI is InChI=1S/C25H33N9O5/c1-38-14-15-39-18-4-2-17(3-5-18)32-11-8-31(9-12-32)10-13-33-23-19(16-27-33)24-28-22(20(35)6-7-21(36)37)30-34(24)25(26)29-23/h2-5,16,20,35H,6-15H2,1H3,(H2,26,29)(H,36,37)/t20-/m0/s1. The zero-order valence-corrected chi connectivity index (χ0v) is 21.8. The second-order valence-corrected chi connectivity index (χ2v) is 9.39. The Kier molecular flexibility index (Phi) is 8.05. The number of nitrogens with two attached hydrogens (primary N) is 1. The van der Waals surface area contributed by atoms with Crippen molar-refractivity contribution in [1.29, 1.82) is 0 Å². The predicted molar refractivity (Wildman–Crippen MR) is 143 cm³/mol. The fourth-order valence-corrected chi connectivity index (χ4v) is 4.63. The van der Waals surface area contributed by atoms with Gasteiger partial charge in [0.25, 0.3) is 0 Å². The summed E-state index contributed by atoms with van der Waals surface area (Å²) in [5.74, 6) is 0.0645. The van der Waals surface area contributed by atoms with E-state index in [1.54, 1.807) is 18.0 Å². The molecule has 4 heterocycles.